The van der Waals surface area contributed by atoms with Crippen molar-refractivity contribution in [2.45, 2.75) is 0 Å². The maximum Gasteiger partial charge on any atom is 0.412 e. The number of nitrogens with zero attached hydrogens (tertiary/aromatic N) is 1. The molecule has 0 aromatic carbocycles. The Kier molecular flexibility index (Phi) is 3.98. The fourth-order valence-corrected chi connectivity index (χ4v) is 0.836. The van der Waals surface area contributed by atoms with E-state index in [2.05, 4.69) is 21.0 Å². The second-order valence-electron chi connectivity index (χ2n) is 2.49. The molecule has 0 radical (unpaired) electrons. The summed E-state index contributed by atoms with van der Waals surface area (Å²) in [6.07, 6.45) is 5.77. The van der Waals surface area contributed by atoms with Crippen LogP contribution in [-0.4, -0.2) is 24.8 Å². The molecule has 0 fully saturated rings. The summed E-state index contributed by atoms with van der Waals surface area (Å²) in [4.78, 5) is 14.9. The molecule has 1 heterocycles. The Balaban J connectivity index is 2.50. The number of nitrogens with one attached hydrogen (secondary N) is 1. The summed E-state index contributed by atoms with van der Waals surface area (Å²) in [5, 5.41) is 2.45. The summed E-state index contributed by atoms with van der Waals surface area (Å²) < 4.78 is 9.46. The third kappa shape index (κ3) is 3.56. The Hall–Kier alpha value is -2.22. The van der Waals surface area contributed by atoms with Gasteiger partial charge >= 0.3 is 6.09 Å². The molecule has 1 rings (SSSR count). The van der Waals surface area contributed by atoms with E-state index in [0.717, 1.165) is 0 Å². The van der Waals surface area contributed by atoms with Crippen molar-refractivity contribution in [3.63, 3.8) is 0 Å². The number of amides is 1. The standard InChI is InChI=1S/C10H10N2O3/c1-3-6-15-10(13)12-8-4-5-9(14-2)11-7-8/h1,4-5,7H,6H2,2H3,(H,12,13). The second-order valence-corrected chi connectivity index (χ2v) is 2.49. The largest absolute Gasteiger partial charge is 0.481 e. The van der Waals surface area contributed by atoms with Crippen LogP contribution in [0.2, 0.25) is 0 Å². The first-order chi connectivity index (χ1) is 7.26. The number of terminal acetylenes is 1. The van der Waals surface area contributed by atoms with Crippen LogP contribution in [-0.2, 0) is 4.74 Å². The summed E-state index contributed by atoms with van der Waals surface area (Å²) in [6, 6.07) is 3.26. The molecule has 5 heteroatoms. The van der Waals surface area contributed by atoms with Crippen molar-refractivity contribution in [2.24, 2.45) is 0 Å². The summed E-state index contributed by atoms with van der Waals surface area (Å²) in [6.45, 7) is -0.0601. The van der Waals surface area contributed by atoms with E-state index in [9.17, 15) is 4.79 Å². The zero-order valence-electron chi connectivity index (χ0n) is 8.19. The predicted molar refractivity (Wildman–Crippen MR) is 54.6 cm³/mol. The van der Waals surface area contributed by atoms with E-state index < -0.39 is 6.09 Å². The van der Waals surface area contributed by atoms with Gasteiger partial charge in [0.25, 0.3) is 0 Å². The molecule has 1 aromatic rings. The normalized spacial score (nSPS) is 8.80. The van der Waals surface area contributed by atoms with Gasteiger partial charge in [0, 0.05) is 6.07 Å². The van der Waals surface area contributed by atoms with Crippen molar-refractivity contribution >= 4 is 11.8 Å². The Labute approximate surface area is 87.4 Å². The van der Waals surface area contributed by atoms with Crippen LogP contribution in [0.4, 0.5) is 10.5 Å². The minimum absolute atomic E-state index is 0.0601. The molecule has 0 saturated heterocycles. The number of carbonyl (C=O) groups excluding carboxylic acids is 1. The molecule has 0 atom stereocenters. The highest BCUT2D eigenvalue weighted by molar-refractivity contribution is 5.84. The number of ether oxygens (including phenoxy) is 2. The van der Waals surface area contributed by atoms with Gasteiger partial charge in [-0.2, -0.15) is 0 Å². The summed E-state index contributed by atoms with van der Waals surface area (Å²) in [7, 11) is 1.51. The lowest BCUT2D eigenvalue weighted by Crippen LogP contribution is -2.13. The van der Waals surface area contributed by atoms with Gasteiger partial charge in [0.2, 0.25) is 5.88 Å². The van der Waals surface area contributed by atoms with Gasteiger partial charge in [-0.05, 0) is 6.07 Å². The monoisotopic (exact) mass is 206 g/mol. The van der Waals surface area contributed by atoms with E-state index in [-0.39, 0.29) is 6.61 Å². The van der Waals surface area contributed by atoms with Gasteiger partial charge < -0.3 is 9.47 Å². The maximum atomic E-state index is 11.0. The number of hydrogen-bond acceptors (Lipinski definition) is 4. The number of aromatic nitrogens is 1. The zero-order chi connectivity index (χ0) is 11.1. The molecule has 1 amide bonds. The number of carbonyl (C=O) groups is 1. The average molecular weight is 206 g/mol. The average Bonchev–Trinajstić information content (AvgIpc) is 2.27. The number of rotatable bonds is 3. The van der Waals surface area contributed by atoms with Gasteiger partial charge in [-0.25, -0.2) is 9.78 Å². The van der Waals surface area contributed by atoms with Gasteiger partial charge in [-0.15, -0.1) is 6.42 Å². The predicted octanol–water partition coefficient (Wildman–Crippen LogP) is 1.27. The lowest BCUT2D eigenvalue weighted by molar-refractivity contribution is 0.176. The molecule has 0 aliphatic rings. The van der Waals surface area contributed by atoms with Crippen molar-refractivity contribution in [1.29, 1.82) is 0 Å². The first-order valence-corrected chi connectivity index (χ1v) is 4.13. The highest BCUT2D eigenvalue weighted by Gasteiger charge is 2.02. The number of anilines is 1. The van der Waals surface area contributed by atoms with Crippen molar-refractivity contribution in [3.8, 4) is 18.2 Å². The highest BCUT2D eigenvalue weighted by atomic mass is 16.5. The smallest absolute Gasteiger partial charge is 0.412 e. The molecule has 1 aromatic heterocycles. The van der Waals surface area contributed by atoms with Crippen LogP contribution in [0.15, 0.2) is 18.3 Å². The maximum absolute atomic E-state index is 11.0. The van der Waals surface area contributed by atoms with Crippen LogP contribution in [0, 0.1) is 12.3 Å². The quantitative estimate of drug-likeness (QED) is 0.756. The van der Waals surface area contributed by atoms with Gasteiger partial charge in [0.1, 0.15) is 0 Å². The minimum Gasteiger partial charge on any atom is -0.481 e. The van der Waals surface area contributed by atoms with Crippen LogP contribution in [0.3, 0.4) is 0 Å². The molecular formula is C10H10N2O3. The minimum atomic E-state index is -0.611. The Morgan fingerprint density at radius 2 is 2.47 bits per heavy atom. The molecule has 5 nitrogen and oxygen atoms in total. The SMILES string of the molecule is C#CCOC(=O)Nc1ccc(OC)nc1. The van der Waals surface area contributed by atoms with Crippen molar-refractivity contribution < 1.29 is 14.3 Å². The van der Waals surface area contributed by atoms with Crippen LogP contribution in [0.1, 0.15) is 0 Å². The van der Waals surface area contributed by atoms with E-state index in [1.807, 2.05) is 0 Å². The van der Waals surface area contributed by atoms with Gasteiger partial charge in [-0.3, -0.25) is 5.32 Å². The van der Waals surface area contributed by atoms with E-state index in [1.54, 1.807) is 12.1 Å². The molecule has 0 saturated carbocycles. The molecular weight excluding hydrogens is 196 g/mol. The molecule has 0 spiro atoms. The summed E-state index contributed by atoms with van der Waals surface area (Å²) in [5.41, 5.74) is 0.512. The molecule has 0 bridgehead atoms. The summed E-state index contributed by atoms with van der Waals surface area (Å²) >= 11 is 0. The number of hydrogen-bond donors (Lipinski definition) is 1. The van der Waals surface area contributed by atoms with Crippen molar-refractivity contribution in [1.82, 2.24) is 4.98 Å². The first kappa shape index (κ1) is 10.9. The number of pyridine rings is 1. The fourth-order valence-electron chi connectivity index (χ4n) is 0.836. The first-order valence-electron chi connectivity index (χ1n) is 4.13. The van der Waals surface area contributed by atoms with Gasteiger partial charge in [0.05, 0.1) is 19.0 Å². The van der Waals surface area contributed by atoms with E-state index in [1.165, 1.54) is 13.3 Å². The Morgan fingerprint density at radius 3 is 3.00 bits per heavy atom. The van der Waals surface area contributed by atoms with Crippen molar-refractivity contribution in [3.05, 3.63) is 18.3 Å². The van der Waals surface area contributed by atoms with Crippen LogP contribution in [0.5, 0.6) is 5.88 Å². The summed E-state index contributed by atoms with van der Waals surface area (Å²) in [5.74, 6) is 2.65. The van der Waals surface area contributed by atoms with Gasteiger partial charge in [-0.1, -0.05) is 5.92 Å². The molecule has 0 unspecified atom stereocenters. The van der Waals surface area contributed by atoms with E-state index >= 15 is 0 Å². The van der Waals surface area contributed by atoms with Crippen LogP contribution >= 0.6 is 0 Å². The van der Waals surface area contributed by atoms with Crippen molar-refractivity contribution in [2.75, 3.05) is 19.0 Å². The second kappa shape index (κ2) is 5.50. The highest BCUT2D eigenvalue weighted by Crippen LogP contribution is 2.10. The lowest BCUT2D eigenvalue weighted by atomic mass is 10.4. The molecule has 1 N–H and O–H groups in total. The molecule has 78 valence electrons. The fraction of sp³-hybridized carbons (Fsp3) is 0.200. The van der Waals surface area contributed by atoms with Gasteiger partial charge in [0.15, 0.2) is 6.61 Å². The third-order valence-corrected chi connectivity index (χ3v) is 1.48. The zero-order valence-corrected chi connectivity index (χ0v) is 8.19. The van der Waals surface area contributed by atoms with E-state index in [4.69, 9.17) is 11.2 Å². The van der Waals surface area contributed by atoms with Crippen LogP contribution < -0.4 is 10.1 Å². The van der Waals surface area contributed by atoms with E-state index in [0.29, 0.717) is 11.6 Å². The van der Waals surface area contributed by atoms with Crippen LogP contribution in [0.25, 0.3) is 0 Å². The molecule has 0 aliphatic carbocycles. The Bertz CT molecular complexity index is 367. The lowest BCUT2D eigenvalue weighted by Gasteiger charge is -2.04. The molecule has 15 heavy (non-hydrogen) atoms. The molecule has 0 aliphatic heterocycles. The third-order valence-electron chi connectivity index (χ3n) is 1.48. The Morgan fingerprint density at radius 1 is 1.67 bits per heavy atom. The number of methoxy groups -OCH3 is 1. The topological polar surface area (TPSA) is 60.5 Å².